The zero-order valence-corrected chi connectivity index (χ0v) is 18.9. The first-order valence-electron chi connectivity index (χ1n) is 9.82. The number of fused-ring (bicyclic) bond motifs is 3. The first-order chi connectivity index (χ1) is 14.5. The van der Waals surface area contributed by atoms with Gasteiger partial charge in [-0.2, -0.15) is 0 Å². The number of rotatable bonds is 7. The van der Waals surface area contributed by atoms with Crippen LogP contribution < -0.4 is 20.3 Å². The molecule has 0 aliphatic heterocycles. The van der Waals surface area contributed by atoms with Gasteiger partial charge in [-0.3, -0.25) is 0 Å². The summed E-state index contributed by atoms with van der Waals surface area (Å²) in [6.45, 7) is 0.877. The molecule has 0 fully saturated rings. The zero-order chi connectivity index (χ0) is 21.3. The minimum Gasteiger partial charge on any atom is -0.497 e. The Morgan fingerprint density at radius 1 is 1.00 bits per heavy atom. The molecular weight excluding hydrogens is 443 g/mol. The maximum atomic E-state index is 10.8. The highest BCUT2D eigenvalue weighted by molar-refractivity contribution is 9.10. The van der Waals surface area contributed by atoms with Gasteiger partial charge in [-0.25, -0.2) is 0 Å². The number of aliphatic hydroxyl groups excluding tert-OH is 1. The van der Waals surface area contributed by atoms with Crippen LogP contribution in [0.2, 0.25) is 0 Å². The molecule has 4 rings (SSSR count). The lowest BCUT2D eigenvalue weighted by Crippen LogP contribution is -2.25. The van der Waals surface area contributed by atoms with Gasteiger partial charge in [-0.15, -0.1) is 0 Å². The van der Waals surface area contributed by atoms with Crippen LogP contribution in [0.4, 0.5) is 5.69 Å². The average molecular weight is 467 g/mol. The topological polar surface area (TPSA) is 55.7 Å². The van der Waals surface area contributed by atoms with E-state index < -0.39 is 6.10 Å². The summed E-state index contributed by atoms with van der Waals surface area (Å²) in [6, 6.07) is 18.3. The fourth-order valence-corrected chi connectivity index (χ4v) is 4.20. The quantitative estimate of drug-likeness (QED) is 0.410. The summed E-state index contributed by atoms with van der Waals surface area (Å²) < 4.78 is 13.9. The molecule has 5 nitrogen and oxygen atoms in total. The summed E-state index contributed by atoms with van der Waals surface area (Å²) in [7, 11) is 5.34. The molecule has 7 heteroatoms. The smallest absolute Gasteiger partial charge is 0.145 e. The fraction of sp³-hybridized carbons (Fsp3) is 0.217. The van der Waals surface area contributed by atoms with Crippen molar-refractivity contribution in [1.82, 2.24) is 4.57 Å². The number of methoxy groups -OCH3 is 2. The molecular formula is C23H24BBrN2O3. The Morgan fingerprint density at radius 2 is 1.73 bits per heavy atom. The number of aromatic nitrogens is 1. The van der Waals surface area contributed by atoms with Gasteiger partial charge in [0.05, 0.1) is 32.6 Å². The third-order valence-corrected chi connectivity index (χ3v) is 5.81. The van der Waals surface area contributed by atoms with E-state index in [2.05, 4.69) is 64.0 Å². The van der Waals surface area contributed by atoms with E-state index in [9.17, 15) is 5.11 Å². The number of anilines is 1. The van der Waals surface area contributed by atoms with E-state index in [-0.39, 0.29) is 0 Å². The van der Waals surface area contributed by atoms with Crippen LogP contribution in [0.15, 0.2) is 59.1 Å². The number of nitrogens with zero attached hydrogens (tertiary/aromatic N) is 1. The van der Waals surface area contributed by atoms with Gasteiger partial charge in [-0.1, -0.05) is 33.5 Å². The Labute approximate surface area is 185 Å². The second-order valence-electron chi connectivity index (χ2n) is 7.39. The minimum absolute atomic E-state index is 0.395. The van der Waals surface area contributed by atoms with Crippen molar-refractivity contribution in [2.75, 3.05) is 26.1 Å². The standard InChI is InChI=1S/C23H24BBrN2O3/c1-29-17-5-6-20(23(11-17)30-2)26-12-16(28)13-27-21-7-3-14(24)9-18(21)19-10-15(25)4-8-22(19)27/h3-11,16,26,28H,12-13,24H2,1-2H3. The number of hydrogen-bond acceptors (Lipinski definition) is 4. The average Bonchev–Trinajstić information content (AvgIpc) is 3.04. The van der Waals surface area contributed by atoms with Crippen molar-refractivity contribution < 1.29 is 14.6 Å². The lowest BCUT2D eigenvalue weighted by atomic mass is 9.94. The number of ether oxygens (including phenoxy) is 2. The minimum atomic E-state index is -0.583. The van der Waals surface area contributed by atoms with Crippen molar-refractivity contribution in [2.24, 2.45) is 0 Å². The van der Waals surface area contributed by atoms with Gasteiger partial charge < -0.3 is 24.5 Å². The summed E-state index contributed by atoms with van der Waals surface area (Å²) >= 11 is 3.58. The van der Waals surface area contributed by atoms with E-state index in [0.29, 0.717) is 18.8 Å². The van der Waals surface area contributed by atoms with Crippen molar-refractivity contribution in [3.05, 3.63) is 59.1 Å². The first-order valence-corrected chi connectivity index (χ1v) is 10.6. The Kier molecular flexibility index (Phi) is 5.93. The third kappa shape index (κ3) is 4.00. The van der Waals surface area contributed by atoms with Crippen molar-refractivity contribution in [3.63, 3.8) is 0 Å². The van der Waals surface area contributed by atoms with Gasteiger partial charge in [-0.05, 0) is 36.4 Å². The molecule has 3 aromatic carbocycles. The molecule has 0 spiro atoms. The number of hydrogen-bond donors (Lipinski definition) is 2. The second kappa shape index (κ2) is 8.62. The van der Waals surface area contributed by atoms with E-state index in [1.54, 1.807) is 14.2 Å². The monoisotopic (exact) mass is 466 g/mol. The molecule has 0 bridgehead atoms. The van der Waals surface area contributed by atoms with Gasteiger partial charge in [0, 0.05) is 38.9 Å². The number of benzene rings is 3. The normalized spacial score (nSPS) is 12.3. The molecule has 2 N–H and O–H groups in total. The van der Waals surface area contributed by atoms with Crippen LogP contribution in [0.25, 0.3) is 21.8 Å². The molecule has 1 aromatic heterocycles. The number of nitrogens with one attached hydrogen (secondary N) is 1. The molecule has 1 heterocycles. The molecule has 1 unspecified atom stereocenters. The molecule has 0 aliphatic carbocycles. The van der Waals surface area contributed by atoms with E-state index >= 15 is 0 Å². The molecule has 154 valence electrons. The van der Waals surface area contributed by atoms with E-state index in [1.165, 1.54) is 16.2 Å². The van der Waals surface area contributed by atoms with Crippen LogP contribution >= 0.6 is 15.9 Å². The number of halogens is 1. The highest BCUT2D eigenvalue weighted by atomic mass is 79.9. The van der Waals surface area contributed by atoms with E-state index in [0.717, 1.165) is 26.9 Å². The van der Waals surface area contributed by atoms with Crippen molar-refractivity contribution in [2.45, 2.75) is 12.6 Å². The van der Waals surface area contributed by atoms with Gasteiger partial charge in [0.1, 0.15) is 19.3 Å². The molecule has 1 atom stereocenters. The number of aliphatic hydroxyl groups is 1. The Hall–Kier alpha value is -2.64. The highest BCUT2D eigenvalue weighted by Crippen LogP contribution is 2.31. The molecule has 4 aromatic rings. The largest absolute Gasteiger partial charge is 0.497 e. The summed E-state index contributed by atoms with van der Waals surface area (Å²) in [5.41, 5.74) is 4.27. The molecule has 0 radical (unpaired) electrons. The molecule has 0 aliphatic rings. The van der Waals surface area contributed by atoms with Crippen LogP contribution in [0.5, 0.6) is 11.5 Å². The Balaban J connectivity index is 1.59. The van der Waals surface area contributed by atoms with Crippen molar-refractivity contribution >= 4 is 56.7 Å². The summed E-state index contributed by atoms with van der Waals surface area (Å²) in [5, 5.41) is 16.5. The van der Waals surface area contributed by atoms with Crippen LogP contribution in [0, 0.1) is 0 Å². The fourth-order valence-electron chi connectivity index (χ4n) is 3.83. The van der Waals surface area contributed by atoms with Gasteiger partial charge in [0.25, 0.3) is 0 Å². The summed E-state index contributed by atoms with van der Waals surface area (Å²) in [4.78, 5) is 0. The Morgan fingerprint density at radius 3 is 2.47 bits per heavy atom. The van der Waals surface area contributed by atoms with Crippen molar-refractivity contribution in [3.8, 4) is 11.5 Å². The van der Waals surface area contributed by atoms with Gasteiger partial charge >= 0.3 is 0 Å². The lowest BCUT2D eigenvalue weighted by Gasteiger charge is -2.17. The zero-order valence-electron chi connectivity index (χ0n) is 17.3. The molecule has 0 amide bonds. The summed E-state index contributed by atoms with van der Waals surface area (Å²) in [6.07, 6.45) is -0.583. The first kappa shape index (κ1) is 20.6. The predicted molar refractivity (Wildman–Crippen MR) is 129 cm³/mol. The SMILES string of the molecule is Bc1ccc2c(c1)c1cc(Br)ccc1n2CC(O)CNc1ccc(OC)cc1OC. The van der Waals surface area contributed by atoms with Gasteiger partial charge in [0.2, 0.25) is 0 Å². The maximum Gasteiger partial charge on any atom is 0.145 e. The molecule has 30 heavy (non-hydrogen) atoms. The highest BCUT2D eigenvalue weighted by Gasteiger charge is 2.15. The van der Waals surface area contributed by atoms with E-state index in [1.807, 2.05) is 24.3 Å². The van der Waals surface area contributed by atoms with E-state index in [4.69, 9.17) is 9.47 Å². The summed E-state index contributed by atoms with van der Waals surface area (Å²) in [5.74, 6) is 1.41. The Bertz CT molecular complexity index is 1150. The third-order valence-electron chi connectivity index (χ3n) is 5.31. The maximum absolute atomic E-state index is 10.8. The van der Waals surface area contributed by atoms with Crippen LogP contribution in [-0.2, 0) is 6.54 Å². The lowest BCUT2D eigenvalue weighted by molar-refractivity contribution is 0.169. The van der Waals surface area contributed by atoms with Crippen molar-refractivity contribution in [1.29, 1.82) is 0 Å². The van der Waals surface area contributed by atoms with Crippen LogP contribution in [0.3, 0.4) is 0 Å². The van der Waals surface area contributed by atoms with Crippen LogP contribution in [-0.4, -0.2) is 44.4 Å². The molecule has 0 saturated carbocycles. The van der Waals surface area contributed by atoms with Gasteiger partial charge in [0.15, 0.2) is 0 Å². The second-order valence-corrected chi connectivity index (χ2v) is 8.31. The predicted octanol–water partition coefficient (Wildman–Crippen LogP) is 3.31. The van der Waals surface area contributed by atoms with Crippen LogP contribution in [0.1, 0.15) is 0 Å². The molecule has 0 saturated heterocycles.